The molecule has 0 saturated heterocycles. The van der Waals surface area contributed by atoms with Gasteiger partial charge in [0, 0.05) is 18.7 Å². The number of aromatic nitrogens is 2. The summed E-state index contributed by atoms with van der Waals surface area (Å²) in [7, 11) is 0. The van der Waals surface area contributed by atoms with Gasteiger partial charge in [-0.25, -0.2) is 0 Å². The Morgan fingerprint density at radius 2 is 2.11 bits per heavy atom. The molecule has 4 heteroatoms. The smallest absolute Gasteiger partial charge is 0.236 e. The number of rotatable bonds is 2. The van der Waals surface area contributed by atoms with E-state index in [9.17, 15) is 0 Å². The number of hydrogen-bond donors (Lipinski definition) is 1. The molecule has 0 aliphatic carbocycles. The summed E-state index contributed by atoms with van der Waals surface area (Å²) >= 11 is 0. The van der Waals surface area contributed by atoms with Gasteiger partial charge in [-0.1, -0.05) is 44.1 Å². The van der Waals surface area contributed by atoms with E-state index >= 15 is 0 Å². The van der Waals surface area contributed by atoms with Crippen LogP contribution in [0.15, 0.2) is 28.8 Å². The summed E-state index contributed by atoms with van der Waals surface area (Å²) < 4.78 is 5.45. The van der Waals surface area contributed by atoms with E-state index < -0.39 is 0 Å². The van der Waals surface area contributed by atoms with Gasteiger partial charge in [-0.2, -0.15) is 4.98 Å². The molecule has 100 valence electrons. The van der Waals surface area contributed by atoms with Crippen molar-refractivity contribution in [3.8, 4) is 0 Å². The van der Waals surface area contributed by atoms with Crippen LogP contribution in [0.2, 0.25) is 0 Å². The Kier molecular flexibility index (Phi) is 2.81. The molecule has 4 nitrogen and oxygen atoms in total. The van der Waals surface area contributed by atoms with Gasteiger partial charge in [-0.3, -0.25) is 0 Å². The average Bonchev–Trinajstić information content (AvgIpc) is 2.92. The van der Waals surface area contributed by atoms with E-state index in [4.69, 9.17) is 4.52 Å². The molecule has 1 aliphatic rings. The van der Waals surface area contributed by atoms with Crippen LogP contribution >= 0.6 is 0 Å². The molecule has 1 N–H and O–H groups in total. The summed E-state index contributed by atoms with van der Waals surface area (Å²) in [5, 5.41) is 7.48. The van der Waals surface area contributed by atoms with Gasteiger partial charge in [-0.05, 0) is 17.0 Å². The Morgan fingerprint density at radius 1 is 1.32 bits per heavy atom. The van der Waals surface area contributed by atoms with Gasteiger partial charge >= 0.3 is 0 Å². The standard InChI is InChI=1S/C15H19N3O/c1-15(2,3)8-13-17-14(19-18-13)11-9-16-12-7-5-4-6-10(11)12/h4-7,11,16H,8-9H2,1-3H3. The van der Waals surface area contributed by atoms with Gasteiger partial charge in [0.1, 0.15) is 0 Å². The lowest BCUT2D eigenvalue weighted by Gasteiger charge is -2.14. The Morgan fingerprint density at radius 3 is 2.89 bits per heavy atom. The lowest BCUT2D eigenvalue weighted by Crippen LogP contribution is -2.10. The lowest BCUT2D eigenvalue weighted by molar-refractivity contribution is 0.350. The first-order valence-corrected chi connectivity index (χ1v) is 6.68. The first-order chi connectivity index (χ1) is 9.03. The molecule has 1 atom stereocenters. The normalized spacial score (nSPS) is 18.2. The van der Waals surface area contributed by atoms with Gasteiger partial charge in [0.05, 0.1) is 5.92 Å². The highest BCUT2D eigenvalue weighted by molar-refractivity contribution is 5.59. The zero-order valence-corrected chi connectivity index (χ0v) is 11.6. The zero-order chi connectivity index (χ0) is 13.5. The molecule has 3 rings (SSSR count). The largest absolute Gasteiger partial charge is 0.384 e. The molecule has 1 aromatic carbocycles. The maximum Gasteiger partial charge on any atom is 0.236 e. The number of benzene rings is 1. The first kappa shape index (κ1) is 12.2. The van der Waals surface area contributed by atoms with Crippen molar-refractivity contribution in [2.75, 3.05) is 11.9 Å². The van der Waals surface area contributed by atoms with E-state index in [0.717, 1.165) is 24.7 Å². The summed E-state index contributed by atoms with van der Waals surface area (Å²) in [5.41, 5.74) is 2.59. The fourth-order valence-electron chi connectivity index (χ4n) is 2.46. The Balaban J connectivity index is 1.85. The van der Waals surface area contributed by atoms with E-state index in [1.165, 1.54) is 11.3 Å². The summed E-state index contributed by atoms with van der Waals surface area (Å²) in [6.45, 7) is 7.36. The maximum atomic E-state index is 5.45. The quantitative estimate of drug-likeness (QED) is 0.897. The lowest BCUT2D eigenvalue weighted by atomic mass is 9.92. The van der Waals surface area contributed by atoms with Crippen LogP contribution in [0.5, 0.6) is 0 Å². The molecule has 19 heavy (non-hydrogen) atoms. The van der Waals surface area contributed by atoms with Crippen molar-refractivity contribution in [3.05, 3.63) is 41.5 Å². The van der Waals surface area contributed by atoms with Crippen LogP contribution in [-0.2, 0) is 6.42 Å². The van der Waals surface area contributed by atoms with Crippen LogP contribution in [0, 0.1) is 5.41 Å². The van der Waals surface area contributed by atoms with Crippen LogP contribution in [0.4, 0.5) is 5.69 Å². The van der Waals surface area contributed by atoms with Gasteiger partial charge in [0.15, 0.2) is 5.82 Å². The Labute approximate surface area is 113 Å². The van der Waals surface area contributed by atoms with Gasteiger partial charge in [0.25, 0.3) is 0 Å². The average molecular weight is 257 g/mol. The summed E-state index contributed by atoms with van der Waals surface area (Å²) in [6, 6.07) is 8.29. The molecule has 0 saturated carbocycles. The van der Waals surface area contributed by atoms with Gasteiger partial charge < -0.3 is 9.84 Å². The minimum atomic E-state index is 0.174. The second kappa shape index (κ2) is 4.37. The highest BCUT2D eigenvalue weighted by Gasteiger charge is 2.28. The zero-order valence-electron chi connectivity index (χ0n) is 11.6. The second-order valence-corrected chi connectivity index (χ2v) is 6.31. The molecule has 1 aromatic heterocycles. The predicted molar refractivity (Wildman–Crippen MR) is 74.2 cm³/mol. The molecule has 0 radical (unpaired) electrons. The molecule has 2 heterocycles. The summed E-state index contributed by atoms with van der Waals surface area (Å²) in [5.74, 6) is 1.70. The number of hydrogen-bond acceptors (Lipinski definition) is 4. The maximum absolute atomic E-state index is 5.45. The van der Waals surface area contributed by atoms with Crippen LogP contribution in [-0.4, -0.2) is 16.7 Å². The van der Waals surface area contributed by atoms with Crippen LogP contribution in [0.1, 0.15) is 44.0 Å². The number of fused-ring (bicyclic) bond motifs is 1. The Bertz CT molecular complexity index is 583. The van der Waals surface area contributed by atoms with E-state index in [0.29, 0.717) is 0 Å². The van der Waals surface area contributed by atoms with Crippen LogP contribution < -0.4 is 5.32 Å². The van der Waals surface area contributed by atoms with Crippen LogP contribution in [0.3, 0.4) is 0 Å². The van der Waals surface area contributed by atoms with Crippen molar-refractivity contribution in [2.45, 2.75) is 33.1 Å². The molecule has 0 bridgehead atoms. The molecular weight excluding hydrogens is 238 g/mol. The fourth-order valence-corrected chi connectivity index (χ4v) is 2.46. The van der Waals surface area contributed by atoms with Gasteiger partial charge in [0.2, 0.25) is 5.89 Å². The van der Waals surface area contributed by atoms with Crippen molar-refractivity contribution in [2.24, 2.45) is 5.41 Å². The fraction of sp³-hybridized carbons (Fsp3) is 0.467. The number of nitrogens with zero attached hydrogens (tertiary/aromatic N) is 2. The minimum absolute atomic E-state index is 0.174. The molecule has 2 aromatic rings. The topological polar surface area (TPSA) is 51.0 Å². The molecular formula is C15H19N3O. The van der Waals surface area contributed by atoms with Crippen LogP contribution in [0.25, 0.3) is 0 Å². The molecule has 0 amide bonds. The molecule has 0 fully saturated rings. The van der Waals surface area contributed by atoms with Crippen molar-refractivity contribution in [1.29, 1.82) is 0 Å². The number of anilines is 1. The highest BCUT2D eigenvalue weighted by Crippen LogP contribution is 2.35. The summed E-state index contributed by atoms with van der Waals surface area (Å²) in [6.07, 6.45) is 0.832. The SMILES string of the molecule is CC(C)(C)Cc1noc(C2CNc3ccccc32)n1. The highest BCUT2D eigenvalue weighted by atomic mass is 16.5. The van der Waals surface area contributed by atoms with E-state index in [2.05, 4.69) is 48.4 Å². The first-order valence-electron chi connectivity index (χ1n) is 6.68. The number of nitrogens with one attached hydrogen (secondary N) is 1. The van der Waals surface area contributed by atoms with Crippen molar-refractivity contribution < 1.29 is 4.52 Å². The van der Waals surface area contributed by atoms with E-state index in [-0.39, 0.29) is 11.3 Å². The van der Waals surface area contributed by atoms with Gasteiger partial charge in [-0.15, -0.1) is 0 Å². The predicted octanol–water partition coefficient (Wildman–Crippen LogP) is 3.22. The van der Waals surface area contributed by atoms with Crippen molar-refractivity contribution in [1.82, 2.24) is 10.1 Å². The molecule has 0 spiro atoms. The monoisotopic (exact) mass is 257 g/mol. The van der Waals surface area contributed by atoms with E-state index in [1.807, 2.05) is 12.1 Å². The Hall–Kier alpha value is -1.84. The minimum Gasteiger partial charge on any atom is -0.384 e. The van der Waals surface area contributed by atoms with E-state index in [1.54, 1.807) is 0 Å². The number of para-hydroxylation sites is 1. The third-order valence-corrected chi connectivity index (χ3v) is 3.30. The summed E-state index contributed by atoms with van der Waals surface area (Å²) in [4.78, 5) is 4.56. The van der Waals surface area contributed by atoms with Crippen molar-refractivity contribution >= 4 is 5.69 Å². The second-order valence-electron chi connectivity index (χ2n) is 6.31. The molecule has 1 unspecified atom stereocenters. The van der Waals surface area contributed by atoms with Crippen molar-refractivity contribution in [3.63, 3.8) is 0 Å². The third kappa shape index (κ3) is 2.48. The molecule has 1 aliphatic heterocycles. The third-order valence-electron chi connectivity index (χ3n) is 3.30.